The molecule has 0 aliphatic heterocycles. The van der Waals surface area contributed by atoms with Gasteiger partial charge < -0.3 is 0 Å². The number of alkyl halides is 3. The molecule has 0 aliphatic rings. The molecule has 0 spiro atoms. The lowest BCUT2D eigenvalue weighted by Gasteiger charge is -2.08. The average Bonchev–Trinajstić information content (AvgIpc) is 2.39. The molecule has 0 atom stereocenters. The molecule has 1 nitrogen and oxygen atoms in total. The van der Waals surface area contributed by atoms with Gasteiger partial charge in [-0.05, 0) is 36.6 Å². The second-order valence-corrected chi connectivity index (χ2v) is 4.62. The highest BCUT2D eigenvalue weighted by atomic mass is 19.4. The van der Waals surface area contributed by atoms with Gasteiger partial charge in [0, 0.05) is 5.56 Å². The van der Waals surface area contributed by atoms with Crippen LogP contribution in [0.3, 0.4) is 0 Å². The SMILES string of the molecule is CC(=O)c1ccc(Cc2ccc(C(F)(F)F)cc2)cc1. The third-order valence-corrected chi connectivity index (χ3v) is 3.05. The van der Waals surface area contributed by atoms with E-state index in [2.05, 4.69) is 0 Å². The van der Waals surface area contributed by atoms with Gasteiger partial charge in [0.15, 0.2) is 5.78 Å². The molecule has 0 heterocycles. The van der Waals surface area contributed by atoms with E-state index in [4.69, 9.17) is 0 Å². The summed E-state index contributed by atoms with van der Waals surface area (Å²) in [7, 11) is 0. The first-order chi connectivity index (χ1) is 9.36. The molecule has 104 valence electrons. The number of ketones is 1. The summed E-state index contributed by atoms with van der Waals surface area (Å²) in [5, 5.41) is 0. The van der Waals surface area contributed by atoms with Crippen molar-refractivity contribution in [3.8, 4) is 0 Å². The lowest BCUT2D eigenvalue weighted by Crippen LogP contribution is -2.04. The van der Waals surface area contributed by atoms with Crippen molar-refractivity contribution in [1.29, 1.82) is 0 Å². The van der Waals surface area contributed by atoms with Gasteiger partial charge in [-0.3, -0.25) is 4.79 Å². The van der Waals surface area contributed by atoms with Crippen molar-refractivity contribution in [3.63, 3.8) is 0 Å². The molecule has 0 saturated heterocycles. The quantitative estimate of drug-likeness (QED) is 0.755. The molecule has 2 aromatic rings. The van der Waals surface area contributed by atoms with E-state index in [-0.39, 0.29) is 5.78 Å². The van der Waals surface area contributed by atoms with Gasteiger partial charge >= 0.3 is 6.18 Å². The fourth-order valence-electron chi connectivity index (χ4n) is 1.90. The van der Waals surface area contributed by atoms with Crippen LogP contribution < -0.4 is 0 Å². The molecule has 0 bridgehead atoms. The van der Waals surface area contributed by atoms with Gasteiger partial charge in [-0.1, -0.05) is 36.4 Å². The number of halogens is 3. The summed E-state index contributed by atoms with van der Waals surface area (Å²) in [5.41, 5.74) is 1.73. The summed E-state index contributed by atoms with van der Waals surface area (Å²) in [5.74, 6) is -0.00826. The van der Waals surface area contributed by atoms with Crippen LogP contribution in [0.4, 0.5) is 13.2 Å². The monoisotopic (exact) mass is 278 g/mol. The van der Waals surface area contributed by atoms with E-state index in [0.29, 0.717) is 12.0 Å². The van der Waals surface area contributed by atoms with E-state index >= 15 is 0 Å². The Morgan fingerprint density at radius 2 is 1.35 bits per heavy atom. The minimum Gasteiger partial charge on any atom is -0.295 e. The minimum absolute atomic E-state index is 0.00826. The second kappa shape index (κ2) is 5.49. The molecule has 2 aromatic carbocycles. The van der Waals surface area contributed by atoms with E-state index in [1.165, 1.54) is 19.1 Å². The number of hydrogen-bond acceptors (Lipinski definition) is 1. The number of rotatable bonds is 3. The third-order valence-electron chi connectivity index (χ3n) is 3.05. The Kier molecular flexibility index (Phi) is 3.93. The fraction of sp³-hybridized carbons (Fsp3) is 0.188. The molecular weight excluding hydrogens is 265 g/mol. The molecule has 0 aliphatic carbocycles. The van der Waals surface area contributed by atoms with Crippen molar-refractivity contribution < 1.29 is 18.0 Å². The van der Waals surface area contributed by atoms with Crippen molar-refractivity contribution >= 4 is 5.78 Å². The average molecular weight is 278 g/mol. The molecule has 0 aromatic heterocycles. The van der Waals surface area contributed by atoms with Gasteiger partial charge in [-0.15, -0.1) is 0 Å². The molecule has 4 heteroatoms. The van der Waals surface area contributed by atoms with Crippen molar-refractivity contribution in [2.24, 2.45) is 0 Å². The Hall–Kier alpha value is -2.10. The standard InChI is InChI=1S/C16H13F3O/c1-11(20)14-6-2-12(3-7-14)10-13-4-8-15(9-5-13)16(17,18)19/h2-9H,10H2,1H3. The molecule has 0 radical (unpaired) electrons. The number of benzene rings is 2. The van der Waals surface area contributed by atoms with Crippen molar-refractivity contribution in [2.45, 2.75) is 19.5 Å². The lowest BCUT2D eigenvalue weighted by atomic mass is 10.0. The highest BCUT2D eigenvalue weighted by Gasteiger charge is 2.29. The van der Waals surface area contributed by atoms with E-state index in [1.807, 2.05) is 12.1 Å². The number of hydrogen-bond donors (Lipinski definition) is 0. The minimum atomic E-state index is -4.30. The summed E-state index contributed by atoms with van der Waals surface area (Å²) < 4.78 is 37.3. The number of Topliss-reactive ketones (excluding diaryl/α,β-unsaturated/α-hetero) is 1. The van der Waals surface area contributed by atoms with Gasteiger partial charge in [0.05, 0.1) is 5.56 Å². The fourth-order valence-corrected chi connectivity index (χ4v) is 1.90. The van der Waals surface area contributed by atoms with Crippen LogP contribution in [0.5, 0.6) is 0 Å². The van der Waals surface area contributed by atoms with E-state index in [1.54, 1.807) is 12.1 Å². The third kappa shape index (κ3) is 3.47. The Labute approximate surface area is 115 Å². The van der Waals surface area contributed by atoms with Crippen LogP contribution >= 0.6 is 0 Å². The normalized spacial score (nSPS) is 11.4. The zero-order valence-corrected chi connectivity index (χ0v) is 10.9. The van der Waals surface area contributed by atoms with Gasteiger partial charge in [-0.2, -0.15) is 13.2 Å². The lowest BCUT2D eigenvalue weighted by molar-refractivity contribution is -0.137. The first-order valence-electron chi connectivity index (χ1n) is 6.12. The van der Waals surface area contributed by atoms with Crippen molar-refractivity contribution in [3.05, 3.63) is 70.8 Å². The molecule has 2 rings (SSSR count). The zero-order chi connectivity index (χ0) is 14.8. The van der Waals surface area contributed by atoms with Crippen molar-refractivity contribution in [1.82, 2.24) is 0 Å². The molecule has 0 saturated carbocycles. The highest BCUT2D eigenvalue weighted by Crippen LogP contribution is 2.29. The van der Waals surface area contributed by atoms with Gasteiger partial charge in [0.2, 0.25) is 0 Å². The van der Waals surface area contributed by atoms with Gasteiger partial charge in [0.1, 0.15) is 0 Å². The van der Waals surface area contributed by atoms with Crippen LogP contribution in [-0.2, 0) is 12.6 Å². The predicted octanol–water partition coefficient (Wildman–Crippen LogP) is 4.50. The summed E-state index contributed by atoms with van der Waals surface area (Å²) in [6.45, 7) is 1.49. The van der Waals surface area contributed by atoms with E-state index in [9.17, 15) is 18.0 Å². The van der Waals surface area contributed by atoms with Crippen LogP contribution in [0.1, 0.15) is 34.0 Å². The molecule has 20 heavy (non-hydrogen) atoms. The van der Waals surface area contributed by atoms with Crippen LogP contribution in [0.2, 0.25) is 0 Å². The summed E-state index contributed by atoms with van der Waals surface area (Å²) in [4.78, 5) is 11.1. The summed E-state index contributed by atoms with van der Waals surface area (Å²) in [6.07, 6.45) is -3.77. The summed E-state index contributed by atoms with van der Waals surface area (Å²) >= 11 is 0. The second-order valence-electron chi connectivity index (χ2n) is 4.62. The molecule has 0 amide bonds. The maximum atomic E-state index is 12.4. The first kappa shape index (κ1) is 14.3. The number of carbonyl (C=O) groups is 1. The molecule has 0 fully saturated rings. The van der Waals surface area contributed by atoms with Crippen LogP contribution in [0.25, 0.3) is 0 Å². The Bertz CT molecular complexity index is 595. The van der Waals surface area contributed by atoms with Gasteiger partial charge in [0.25, 0.3) is 0 Å². The molecule has 0 N–H and O–H groups in total. The zero-order valence-electron chi connectivity index (χ0n) is 10.9. The van der Waals surface area contributed by atoms with Crippen LogP contribution in [-0.4, -0.2) is 5.78 Å². The largest absolute Gasteiger partial charge is 0.416 e. The van der Waals surface area contributed by atoms with Crippen molar-refractivity contribution in [2.75, 3.05) is 0 Å². The Morgan fingerprint density at radius 1 is 0.900 bits per heavy atom. The van der Waals surface area contributed by atoms with E-state index < -0.39 is 11.7 Å². The van der Waals surface area contributed by atoms with Gasteiger partial charge in [-0.25, -0.2) is 0 Å². The van der Waals surface area contributed by atoms with Crippen LogP contribution in [0, 0.1) is 0 Å². The molecular formula is C16H13F3O. The Balaban J connectivity index is 2.12. The summed E-state index contributed by atoms with van der Waals surface area (Å²) in [6, 6.07) is 12.2. The van der Waals surface area contributed by atoms with Crippen LogP contribution in [0.15, 0.2) is 48.5 Å². The van der Waals surface area contributed by atoms with E-state index in [0.717, 1.165) is 23.3 Å². The first-order valence-corrected chi connectivity index (χ1v) is 6.12. The smallest absolute Gasteiger partial charge is 0.295 e. The highest BCUT2D eigenvalue weighted by molar-refractivity contribution is 5.94. The number of carbonyl (C=O) groups excluding carboxylic acids is 1. The maximum Gasteiger partial charge on any atom is 0.416 e. The molecule has 0 unspecified atom stereocenters. The Morgan fingerprint density at radius 3 is 1.75 bits per heavy atom. The predicted molar refractivity (Wildman–Crippen MR) is 70.7 cm³/mol. The topological polar surface area (TPSA) is 17.1 Å². The maximum absolute atomic E-state index is 12.4.